The summed E-state index contributed by atoms with van der Waals surface area (Å²) in [5.41, 5.74) is 2.13. The van der Waals surface area contributed by atoms with Gasteiger partial charge in [-0.2, -0.15) is 0 Å². The van der Waals surface area contributed by atoms with E-state index in [1.807, 2.05) is 37.4 Å². The zero-order chi connectivity index (χ0) is 18.9. The van der Waals surface area contributed by atoms with Crippen LogP contribution in [0.25, 0.3) is 0 Å². The molecule has 2 rings (SSSR count). The molecule has 0 fully saturated rings. The number of hydrogen-bond donors (Lipinski definition) is 1. The Morgan fingerprint density at radius 2 is 1.59 bits per heavy atom. The van der Waals surface area contributed by atoms with E-state index in [9.17, 15) is 0 Å². The second-order valence-corrected chi connectivity index (χ2v) is 5.75. The van der Waals surface area contributed by atoms with E-state index in [1.54, 1.807) is 28.4 Å². The molecule has 148 valence electrons. The Hall–Kier alpha value is -2.16. The molecule has 0 aliphatic heterocycles. The molecule has 0 saturated heterocycles. The third kappa shape index (κ3) is 6.20. The lowest BCUT2D eigenvalue weighted by Crippen LogP contribution is -2.38. The van der Waals surface area contributed by atoms with Gasteiger partial charge in [0.2, 0.25) is 0 Å². The van der Waals surface area contributed by atoms with Gasteiger partial charge >= 0.3 is 0 Å². The minimum absolute atomic E-state index is 0. The lowest BCUT2D eigenvalue weighted by molar-refractivity contribution is 0.367. The minimum atomic E-state index is 0. The number of hydrogen-bond acceptors (Lipinski definition) is 4. The lowest BCUT2D eigenvalue weighted by Gasteiger charge is -2.23. The third-order valence-electron chi connectivity index (χ3n) is 4.08. The van der Waals surface area contributed by atoms with Crippen molar-refractivity contribution >= 4 is 29.9 Å². The molecule has 0 bridgehead atoms. The first-order valence-electron chi connectivity index (χ1n) is 8.37. The fourth-order valence-electron chi connectivity index (χ4n) is 2.74. The normalized spacial score (nSPS) is 10.6. The van der Waals surface area contributed by atoms with Crippen LogP contribution in [0, 0.1) is 0 Å². The average Bonchev–Trinajstić information content (AvgIpc) is 2.68. The van der Waals surface area contributed by atoms with E-state index in [-0.39, 0.29) is 24.0 Å². The quantitative estimate of drug-likeness (QED) is 0.370. The Morgan fingerprint density at radius 1 is 1.00 bits per heavy atom. The molecule has 0 heterocycles. The second-order valence-electron chi connectivity index (χ2n) is 5.75. The Kier molecular flexibility index (Phi) is 9.77. The highest BCUT2D eigenvalue weighted by atomic mass is 127. The molecular weight excluding hydrogens is 457 g/mol. The standard InChI is InChI=1S/C20H27N3O3.HI/c1-21-20(23(2)14-15-9-7-6-8-10-15)22-13-17-18(25-4)11-16(24-3)12-19(17)26-5;/h6-12H,13-14H2,1-5H3,(H,21,22);1H. The number of guanidine groups is 1. The fraction of sp³-hybridized carbons (Fsp3) is 0.350. The number of halogens is 1. The molecule has 6 nitrogen and oxygen atoms in total. The van der Waals surface area contributed by atoms with Crippen LogP contribution in [0.1, 0.15) is 11.1 Å². The van der Waals surface area contributed by atoms with Crippen molar-refractivity contribution < 1.29 is 14.2 Å². The largest absolute Gasteiger partial charge is 0.496 e. The SMILES string of the molecule is CN=C(NCc1c(OC)cc(OC)cc1OC)N(C)Cc1ccccc1.I. The first kappa shape index (κ1) is 22.9. The number of nitrogens with one attached hydrogen (secondary N) is 1. The van der Waals surface area contributed by atoms with Crippen LogP contribution < -0.4 is 19.5 Å². The first-order valence-corrected chi connectivity index (χ1v) is 8.37. The predicted octanol–water partition coefficient (Wildman–Crippen LogP) is 3.54. The second kappa shape index (κ2) is 11.5. The van der Waals surface area contributed by atoms with Crippen LogP contribution in [0.15, 0.2) is 47.5 Å². The summed E-state index contributed by atoms with van der Waals surface area (Å²) in [6, 6.07) is 14.0. The zero-order valence-electron chi connectivity index (χ0n) is 16.5. The molecular formula is C20H28IN3O3. The highest BCUT2D eigenvalue weighted by molar-refractivity contribution is 14.0. The smallest absolute Gasteiger partial charge is 0.193 e. The van der Waals surface area contributed by atoms with Crippen molar-refractivity contribution in [1.82, 2.24) is 10.2 Å². The van der Waals surface area contributed by atoms with Crippen LogP contribution in [0.5, 0.6) is 17.2 Å². The minimum Gasteiger partial charge on any atom is -0.496 e. The number of rotatable bonds is 7. The molecule has 0 radical (unpaired) electrons. The van der Waals surface area contributed by atoms with Crippen LogP contribution in [-0.4, -0.2) is 46.3 Å². The van der Waals surface area contributed by atoms with E-state index < -0.39 is 0 Å². The molecule has 27 heavy (non-hydrogen) atoms. The van der Waals surface area contributed by atoms with Crippen LogP contribution in [-0.2, 0) is 13.1 Å². The molecule has 0 amide bonds. The van der Waals surface area contributed by atoms with Crippen molar-refractivity contribution in [2.45, 2.75) is 13.1 Å². The topological polar surface area (TPSA) is 55.3 Å². The molecule has 0 aliphatic carbocycles. The average molecular weight is 485 g/mol. The maximum atomic E-state index is 5.50. The van der Waals surface area contributed by atoms with Crippen molar-refractivity contribution in [2.75, 3.05) is 35.4 Å². The molecule has 7 heteroatoms. The Bertz CT molecular complexity index is 714. The Labute approximate surface area is 178 Å². The summed E-state index contributed by atoms with van der Waals surface area (Å²) >= 11 is 0. The van der Waals surface area contributed by atoms with Gasteiger partial charge < -0.3 is 24.4 Å². The van der Waals surface area contributed by atoms with Gasteiger partial charge in [0.05, 0.1) is 33.4 Å². The van der Waals surface area contributed by atoms with Crippen LogP contribution >= 0.6 is 24.0 Å². The summed E-state index contributed by atoms with van der Waals surface area (Å²) in [4.78, 5) is 6.44. The van der Waals surface area contributed by atoms with E-state index >= 15 is 0 Å². The molecule has 2 aromatic rings. The highest BCUT2D eigenvalue weighted by Gasteiger charge is 2.15. The number of methoxy groups -OCH3 is 3. The van der Waals surface area contributed by atoms with Crippen molar-refractivity contribution in [3.63, 3.8) is 0 Å². The summed E-state index contributed by atoms with van der Waals surface area (Å²) in [5.74, 6) is 2.88. The predicted molar refractivity (Wildman–Crippen MR) is 120 cm³/mol. The molecule has 1 N–H and O–H groups in total. The van der Waals surface area contributed by atoms with Gasteiger partial charge in [0.15, 0.2) is 5.96 Å². The van der Waals surface area contributed by atoms with E-state index in [1.165, 1.54) is 5.56 Å². The van der Waals surface area contributed by atoms with Gasteiger partial charge in [-0.25, -0.2) is 0 Å². The highest BCUT2D eigenvalue weighted by Crippen LogP contribution is 2.33. The monoisotopic (exact) mass is 485 g/mol. The van der Waals surface area contributed by atoms with Gasteiger partial charge in [0, 0.05) is 32.8 Å². The molecule has 0 spiro atoms. The van der Waals surface area contributed by atoms with Crippen molar-refractivity contribution in [1.29, 1.82) is 0 Å². The third-order valence-corrected chi connectivity index (χ3v) is 4.08. The molecule has 0 unspecified atom stereocenters. The number of aliphatic imine (C=N–C) groups is 1. The van der Waals surface area contributed by atoms with Crippen LogP contribution in [0.2, 0.25) is 0 Å². The van der Waals surface area contributed by atoms with Gasteiger partial charge in [0.25, 0.3) is 0 Å². The van der Waals surface area contributed by atoms with Crippen molar-refractivity contribution in [3.05, 3.63) is 53.6 Å². The summed E-state index contributed by atoms with van der Waals surface area (Å²) in [6.07, 6.45) is 0. The fourth-order valence-corrected chi connectivity index (χ4v) is 2.74. The van der Waals surface area contributed by atoms with Crippen molar-refractivity contribution in [3.8, 4) is 17.2 Å². The maximum Gasteiger partial charge on any atom is 0.193 e. The molecule has 0 aliphatic rings. The molecule has 0 atom stereocenters. The van der Waals surface area contributed by atoms with Crippen LogP contribution in [0.4, 0.5) is 0 Å². The van der Waals surface area contributed by atoms with Gasteiger partial charge in [0.1, 0.15) is 17.2 Å². The molecule has 0 saturated carbocycles. The Morgan fingerprint density at radius 3 is 2.07 bits per heavy atom. The number of ether oxygens (including phenoxy) is 3. The van der Waals surface area contributed by atoms with E-state index in [2.05, 4.69) is 27.3 Å². The van der Waals surface area contributed by atoms with E-state index in [0.717, 1.165) is 18.1 Å². The van der Waals surface area contributed by atoms with Gasteiger partial charge in [-0.15, -0.1) is 24.0 Å². The molecule has 0 aromatic heterocycles. The summed E-state index contributed by atoms with van der Waals surface area (Å²) < 4.78 is 16.3. The van der Waals surface area contributed by atoms with Gasteiger partial charge in [-0.3, -0.25) is 4.99 Å². The summed E-state index contributed by atoms with van der Waals surface area (Å²) in [7, 11) is 8.66. The number of nitrogens with zero attached hydrogens (tertiary/aromatic N) is 2. The number of benzene rings is 2. The lowest BCUT2D eigenvalue weighted by atomic mass is 10.1. The zero-order valence-corrected chi connectivity index (χ0v) is 18.8. The van der Waals surface area contributed by atoms with Gasteiger partial charge in [-0.05, 0) is 5.56 Å². The maximum absolute atomic E-state index is 5.50. The summed E-state index contributed by atoms with van der Waals surface area (Å²) in [5, 5.41) is 3.37. The van der Waals surface area contributed by atoms with Crippen LogP contribution in [0.3, 0.4) is 0 Å². The van der Waals surface area contributed by atoms with Crippen molar-refractivity contribution in [2.24, 2.45) is 4.99 Å². The summed E-state index contributed by atoms with van der Waals surface area (Å²) in [6.45, 7) is 1.28. The first-order chi connectivity index (χ1) is 12.6. The molecule has 2 aromatic carbocycles. The Balaban J connectivity index is 0.00000364. The van der Waals surface area contributed by atoms with E-state index in [4.69, 9.17) is 14.2 Å². The van der Waals surface area contributed by atoms with Gasteiger partial charge in [-0.1, -0.05) is 30.3 Å². The van der Waals surface area contributed by atoms with E-state index in [0.29, 0.717) is 23.8 Å².